The molecule has 1 N–H and O–H groups in total. The summed E-state index contributed by atoms with van der Waals surface area (Å²) in [5.41, 5.74) is 0.494. The molecule has 1 fully saturated rings. The maximum atomic E-state index is 10.7. The van der Waals surface area contributed by atoms with E-state index >= 15 is 0 Å². The van der Waals surface area contributed by atoms with E-state index in [2.05, 4.69) is 22.8 Å². The number of nitrogens with zero attached hydrogens (tertiary/aromatic N) is 1. The standard InChI is InChI=1S/C14H17NO/c16-14(9-4-1-5-10-14)15-11-8-12-6-2-3-7-13(12)15/h2-3,6-8,11,16H,1,4-5,9-10H2. The van der Waals surface area contributed by atoms with E-state index in [1.807, 2.05) is 18.3 Å². The van der Waals surface area contributed by atoms with Crippen LogP contribution in [-0.2, 0) is 5.72 Å². The van der Waals surface area contributed by atoms with Gasteiger partial charge in [0.1, 0.15) is 5.72 Å². The number of rotatable bonds is 1. The van der Waals surface area contributed by atoms with E-state index in [4.69, 9.17) is 0 Å². The van der Waals surface area contributed by atoms with Crippen molar-refractivity contribution in [1.29, 1.82) is 0 Å². The number of fused-ring (bicyclic) bond motifs is 1. The molecule has 0 bridgehead atoms. The highest BCUT2D eigenvalue weighted by atomic mass is 16.3. The molecule has 2 heteroatoms. The monoisotopic (exact) mass is 215 g/mol. The second-order valence-electron chi connectivity index (χ2n) is 4.79. The first-order valence-electron chi connectivity index (χ1n) is 6.09. The van der Waals surface area contributed by atoms with Crippen molar-refractivity contribution in [2.75, 3.05) is 0 Å². The van der Waals surface area contributed by atoms with Gasteiger partial charge in [0.25, 0.3) is 0 Å². The summed E-state index contributed by atoms with van der Waals surface area (Å²) in [6.45, 7) is 0. The topological polar surface area (TPSA) is 25.2 Å². The van der Waals surface area contributed by atoms with Crippen molar-refractivity contribution < 1.29 is 5.11 Å². The van der Waals surface area contributed by atoms with E-state index in [0.717, 1.165) is 31.2 Å². The summed E-state index contributed by atoms with van der Waals surface area (Å²) in [4.78, 5) is 0. The molecule has 2 aromatic rings. The minimum Gasteiger partial charge on any atom is -0.371 e. The second-order valence-corrected chi connectivity index (χ2v) is 4.79. The number of para-hydroxylation sites is 1. The highest BCUT2D eigenvalue weighted by Crippen LogP contribution is 2.35. The van der Waals surface area contributed by atoms with Crippen LogP contribution in [0.3, 0.4) is 0 Å². The summed E-state index contributed by atoms with van der Waals surface area (Å²) in [7, 11) is 0. The molecule has 2 nitrogen and oxygen atoms in total. The van der Waals surface area contributed by atoms with Gasteiger partial charge >= 0.3 is 0 Å². The molecule has 1 saturated carbocycles. The Kier molecular flexibility index (Phi) is 2.25. The Morgan fingerprint density at radius 3 is 2.56 bits per heavy atom. The lowest BCUT2D eigenvalue weighted by atomic mass is 9.91. The van der Waals surface area contributed by atoms with Crippen LogP contribution < -0.4 is 0 Å². The molecule has 1 aliphatic rings. The van der Waals surface area contributed by atoms with Gasteiger partial charge in [0.05, 0.1) is 5.52 Å². The fourth-order valence-electron chi connectivity index (χ4n) is 2.80. The van der Waals surface area contributed by atoms with Crippen LogP contribution in [0.15, 0.2) is 36.5 Å². The van der Waals surface area contributed by atoms with E-state index in [9.17, 15) is 5.11 Å². The van der Waals surface area contributed by atoms with E-state index in [1.54, 1.807) is 0 Å². The molecule has 1 aromatic carbocycles. The van der Waals surface area contributed by atoms with Gasteiger partial charge in [0.2, 0.25) is 0 Å². The summed E-state index contributed by atoms with van der Waals surface area (Å²) in [5, 5.41) is 11.9. The van der Waals surface area contributed by atoms with Crippen molar-refractivity contribution in [3.63, 3.8) is 0 Å². The Morgan fingerprint density at radius 2 is 1.75 bits per heavy atom. The molecule has 1 aliphatic carbocycles. The number of aliphatic hydroxyl groups is 1. The molecule has 0 radical (unpaired) electrons. The lowest BCUT2D eigenvalue weighted by Gasteiger charge is -2.34. The van der Waals surface area contributed by atoms with Gasteiger partial charge < -0.3 is 9.67 Å². The third-order valence-corrected chi connectivity index (χ3v) is 3.70. The van der Waals surface area contributed by atoms with E-state index in [0.29, 0.717) is 0 Å². The summed E-state index contributed by atoms with van der Waals surface area (Å²) in [5.74, 6) is 0. The molecule has 16 heavy (non-hydrogen) atoms. The fourth-order valence-corrected chi connectivity index (χ4v) is 2.80. The third-order valence-electron chi connectivity index (χ3n) is 3.70. The van der Waals surface area contributed by atoms with Gasteiger partial charge in [0, 0.05) is 6.20 Å². The SMILES string of the molecule is OC1(n2ccc3ccccc32)CCCCC1. The minimum atomic E-state index is -0.651. The van der Waals surface area contributed by atoms with E-state index in [-0.39, 0.29) is 0 Å². The van der Waals surface area contributed by atoms with Gasteiger partial charge in [0.15, 0.2) is 0 Å². The predicted molar refractivity (Wildman–Crippen MR) is 65.2 cm³/mol. The summed E-state index contributed by atoms with van der Waals surface area (Å²) in [6.07, 6.45) is 7.29. The normalized spacial score (nSPS) is 20.1. The Labute approximate surface area is 95.5 Å². The zero-order valence-corrected chi connectivity index (χ0v) is 9.39. The quantitative estimate of drug-likeness (QED) is 0.776. The van der Waals surface area contributed by atoms with Crippen molar-refractivity contribution in [1.82, 2.24) is 4.57 Å². The van der Waals surface area contributed by atoms with Crippen LogP contribution >= 0.6 is 0 Å². The first kappa shape index (κ1) is 9.91. The van der Waals surface area contributed by atoms with Gasteiger partial charge in [-0.25, -0.2) is 0 Å². The number of benzene rings is 1. The van der Waals surface area contributed by atoms with Crippen LogP contribution in [0.2, 0.25) is 0 Å². The molecule has 0 spiro atoms. The zero-order valence-electron chi connectivity index (χ0n) is 9.39. The smallest absolute Gasteiger partial charge is 0.141 e. The van der Waals surface area contributed by atoms with Crippen molar-refractivity contribution >= 4 is 10.9 Å². The maximum absolute atomic E-state index is 10.7. The molecule has 0 unspecified atom stereocenters. The predicted octanol–water partition coefficient (Wildman–Crippen LogP) is 3.25. The largest absolute Gasteiger partial charge is 0.371 e. The van der Waals surface area contributed by atoms with Gasteiger partial charge in [-0.3, -0.25) is 0 Å². The van der Waals surface area contributed by atoms with Crippen molar-refractivity contribution in [3.8, 4) is 0 Å². The molecule has 0 atom stereocenters. The molecule has 1 heterocycles. The molecule has 3 rings (SSSR count). The van der Waals surface area contributed by atoms with Crippen LogP contribution in [0.1, 0.15) is 32.1 Å². The summed E-state index contributed by atoms with van der Waals surface area (Å²) in [6, 6.07) is 10.3. The molecule has 84 valence electrons. The Bertz CT molecular complexity index is 494. The molecule has 1 aromatic heterocycles. The highest BCUT2D eigenvalue weighted by Gasteiger charge is 2.31. The van der Waals surface area contributed by atoms with Crippen LogP contribution in [0.4, 0.5) is 0 Å². The fraction of sp³-hybridized carbons (Fsp3) is 0.429. The zero-order chi connectivity index (χ0) is 11.0. The Morgan fingerprint density at radius 1 is 1.00 bits per heavy atom. The van der Waals surface area contributed by atoms with Gasteiger partial charge in [-0.05, 0) is 43.2 Å². The third kappa shape index (κ3) is 1.45. The van der Waals surface area contributed by atoms with Crippen molar-refractivity contribution in [3.05, 3.63) is 36.5 Å². The average molecular weight is 215 g/mol. The second kappa shape index (κ2) is 3.63. The van der Waals surface area contributed by atoms with Gasteiger partial charge in [-0.1, -0.05) is 24.6 Å². The van der Waals surface area contributed by atoms with Crippen LogP contribution in [0.5, 0.6) is 0 Å². The summed E-state index contributed by atoms with van der Waals surface area (Å²) >= 11 is 0. The first-order chi connectivity index (χ1) is 7.80. The Balaban J connectivity index is 2.11. The van der Waals surface area contributed by atoms with Crippen LogP contribution in [-0.4, -0.2) is 9.67 Å². The van der Waals surface area contributed by atoms with E-state index < -0.39 is 5.72 Å². The molecular formula is C14H17NO. The highest BCUT2D eigenvalue weighted by molar-refractivity contribution is 5.80. The van der Waals surface area contributed by atoms with Crippen LogP contribution in [0, 0.1) is 0 Å². The molecular weight excluding hydrogens is 198 g/mol. The molecule has 0 saturated heterocycles. The van der Waals surface area contributed by atoms with Crippen molar-refractivity contribution in [2.45, 2.75) is 37.8 Å². The lowest BCUT2D eigenvalue weighted by molar-refractivity contribution is -0.0656. The number of hydrogen-bond donors (Lipinski definition) is 1. The van der Waals surface area contributed by atoms with Gasteiger partial charge in [-0.2, -0.15) is 0 Å². The van der Waals surface area contributed by atoms with Crippen molar-refractivity contribution in [2.24, 2.45) is 0 Å². The lowest BCUT2D eigenvalue weighted by Crippen LogP contribution is -2.34. The van der Waals surface area contributed by atoms with Gasteiger partial charge in [-0.15, -0.1) is 0 Å². The number of hydrogen-bond acceptors (Lipinski definition) is 1. The minimum absolute atomic E-state index is 0.651. The average Bonchev–Trinajstić information content (AvgIpc) is 2.74. The first-order valence-corrected chi connectivity index (χ1v) is 6.09. The van der Waals surface area contributed by atoms with E-state index in [1.165, 1.54) is 11.8 Å². The number of aromatic nitrogens is 1. The van der Waals surface area contributed by atoms with Crippen LogP contribution in [0.25, 0.3) is 10.9 Å². The maximum Gasteiger partial charge on any atom is 0.141 e. The molecule has 0 amide bonds. The molecule has 0 aliphatic heterocycles. The Hall–Kier alpha value is -1.28. The summed E-state index contributed by atoms with van der Waals surface area (Å²) < 4.78 is 2.06.